The van der Waals surface area contributed by atoms with Gasteiger partial charge in [0, 0.05) is 42.4 Å². The second-order valence-electron chi connectivity index (χ2n) is 9.36. The fourth-order valence-corrected chi connectivity index (χ4v) is 4.36. The lowest BCUT2D eigenvalue weighted by Crippen LogP contribution is -2.41. The van der Waals surface area contributed by atoms with E-state index in [4.69, 9.17) is 4.74 Å². The minimum atomic E-state index is -0.473. The largest absolute Gasteiger partial charge is 0.444 e. The first-order chi connectivity index (χ1) is 11.6. The Bertz CT molecular complexity index is 676. The van der Waals surface area contributed by atoms with E-state index in [0.717, 1.165) is 19.0 Å². The van der Waals surface area contributed by atoms with Crippen molar-refractivity contribution in [2.75, 3.05) is 18.0 Å². The minimum Gasteiger partial charge on any atom is -0.444 e. The van der Waals surface area contributed by atoms with Gasteiger partial charge in [0.2, 0.25) is 5.95 Å². The maximum absolute atomic E-state index is 12.1. The molecule has 1 aromatic rings. The highest BCUT2D eigenvalue weighted by Gasteiger charge is 2.76. The molecule has 3 aliphatic rings. The predicted molar refractivity (Wildman–Crippen MR) is 95.6 cm³/mol. The molecule has 1 amide bonds. The van der Waals surface area contributed by atoms with Crippen molar-refractivity contribution in [3.05, 3.63) is 18.0 Å². The van der Waals surface area contributed by atoms with Crippen LogP contribution in [-0.2, 0) is 4.74 Å². The van der Waals surface area contributed by atoms with Crippen LogP contribution in [0.25, 0.3) is 0 Å². The summed E-state index contributed by atoms with van der Waals surface area (Å²) in [6.45, 7) is 11.8. The third-order valence-electron chi connectivity index (χ3n) is 6.19. The molecule has 1 unspecified atom stereocenters. The van der Waals surface area contributed by atoms with Gasteiger partial charge >= 0.3 is 6.09 Å². The summed E-state index contributed by atoms with van der Waals surface area (Å²) >= 11 is 0. The summed E-state index contributed by atoms with van der Waals surface area (Å²) in [6.07, 6.45) is 6.16. The second kappa shape index (κ2) is 5.08. The van der Waals surface area contributed by atoms with Gasteiger partial charge in [-0.3, -0.25) is 0 Å². The van der Waals surface area contributed by atoms with E-state index in [1.165, 1.54) is 18.4 Å². The van der Waals surface area contributed by atoms with Crippen molar-refractivity contribution in [2.24, 2.45) is 10.8 Å². The molecule has 4 rings (SSSR count). The number of fused-ring (bicyclic) bond motifs is 1. The standard InChI is InChI=1S/C19H28N4O2/c1-17(2,3)25-16(24)22-14-18(4)10-23(11-19(14,18)5)15-20-8-13(9-21-15)12-6-7-12/h8-9,12,14H,6-7,10-11H2,1-5H3,(H,22,24)/t14?,18-,19+. The van der Waals surface area contributed by atoms with E-state index < -0.39 is 5.60 Å². The van der Waals surface area contributed by atoms with Gasteiger partial charge in [-0.2, -0.15) is 0 Å². The van der Waals surface area contributed by atoms with Crippen LogP contribution in [0.4, 0.5) is 10.7 Å². The molecule has 3 atom stereocenters. The highest BCUT2D eigenvalue weighted by Crippen LogP contribution is 2.67. The summed E-state index contributed by atoms with van der Waals surface area (Å²) in [6, 6.07) is 0.136. The second-order valence-corrected chi connectivity index (χ2v) is 9.36. The lowest BCUT2D eigenvalue weighted by molar-refractivity contribution is 0.0511. The summed E-state index contributed by atoms with van der Waals surface area (Å²) in [5.74, 6) is 1.48. The van der Waals surface area contributed by atoms with E-state index in [0.29, 0.717) is 5.92 Å². The number of nitrogens with zero attached hydrogens (tertiary/aromatic N) is 3. The molecule has 0 bridgehead atoms. The zero-order valence-electron chi connectivity index (χ0n) is 15.8. The predicted octanol–water partition coefficient (Wildman–Crippen LogP) is 3.09. The summed E-state index contributed by atoms with van der Waals surface area (Å²) in [5.41, 5.74) is 0.846. The highest BCUT2D eigenvalue weighted by atomic mass is 16.6. The van der Waals surface area contributed by atoms with E-state index >= 15 is 0 Å². The number of anilines is 1. The maximum Gasteiger partial charge on any atom is 0.407 e. The van der Waals surface area contributed by atoms with Crippen molar-refractivity contribution >= 4 is 12.0 Å². The highest BCUT2D eigenvalue weighted by molar-refractivity contribution is 5.70. The van der Waals surface area contributed by atoms with Crippen molar-refractivity contribution in [3.63, 3.8) is 0 Å². The molecule has 1 N–H and O–H groups in total. The summed E-state index contributed by atoms with van der Waals surface area (Å²) in [5, 5.41) is 3.07. The first kappa shape index (κ1) is 16.6. The van der Waals surface area contributed by atoms with Crippen LogP contribution in [0.5, 0.6) is 0 Å². The Morgan fingerprint density at radius 2 is 1.76 bits per heavy atom. The van der Waals surface area contributed by atoms with Gasteiger partial charge in [0.25, 0.3) is 0 Å². The molecule has 2 aliphatic carbocycles. The van der Waals surface area contributed by atoms with Gasteiger partial charge in [0.05, 0.1) is 0 Å². The first-order valence-electron chi connectivity index (χ1n) is 9.19. The smallest absolute Gasteiger partial charge is 0.407 e. The van der Waals surface area contributed by atoms with Crippen LogP contribution in [0, 0.1) is 10.8 Å². The van der Waals surface area contributed by atoms with E-state index in [-0.39, 0.29) is 23.0 Å². The van der Waals surface area contributed by atoms with Gasteiger partial charge in [-0.1, -0.05) is 13.8 Å². The molecule has 136 valence electrons. The Balaban J connectivity index is 1.40. The summed E-state index contributed by atoms with van der Waals surface area (Å²) < 4.78 is 5.41. The Morgan fingerprint density at radius 1 is 1.20 bits per heavy atom. The molecule has 0 radical (unpaired) electrons. The number of hydrogen-bond acceptors (Lipinski definition) is 5. The number of aromatic nitrogens is 2. The van der Waals surface area contributed by atoms with Crippen LogP contribution in [0.15, 0.2) is 12.4 Å². The number of carbonyl (C=O) groups excluding carboxylic acids is 1. The molecule has 2 heterocycles. The molecule has 6 nitrogen and oxygen atoms in total. The van der Waals surface area contributed by atoms with Crippen LogP contribution < -0.4 is 10.2 Å². The van der Waals surface area contributed by atoms with Gasteiger partial charge < -0.3 is 15.0 Å². The number of ether oxygens (including phenoxy) is 1. The van der Waals surface area contributed by atoms with Gasteiger partial charge in [-0.25, -0.2) is 14.8 Å². The minimum absolute atomic E-state index is 0.0302. The number of piperidine rings is 1. The van der Waals surface area contributed by atoms with Crippen LogP contribution in [-0.4, -0.2) is 40.8 Å². The van der Waals surface area contributed by atoms with Crippen LogP contribution in [0.2, 0.25) is 0 Å². The monoisotopic (exact) mass is 344 g/mol. The normalized spacial score (nSPS) is 33.8. The molecule has 6 heteroatoms. The van der Waals surface area contributed by atoms with Gasteiger partial charge in [0.15, 0.2) is 0 Å². The number of hydrogen-bond donors (Lipinski definition) is 1. The Kier molecular flexibility index (Phi) is 3.38. The first-order valence-corrected chi connectivity index (χ1v) is 9.19. The van der Waals surface area contributed by atoms with E-state index in [9.17, 15) is 4.79 Å². The quantitative estimate of drug-likeness (QED) is 0.912. The Labute approximate surface area is 149 Å². The SMILES string of the molecule is CC(C)(C)OC(=O)NC1[C@]2(C)CN(c3ncc(C4CC4)cn3)C[C@]12C. The molecule has 0 spiro atoms. The fraction of sp³-hybridized carbons (Fsp3) is 0.737. The number of carbonyl (C=O) groups is 1. The lowest BCUT2D eigenvalue weighted by Gasteiger charge is -2.25. The van der Waals surface area contributed by atoms with Crippen LogP contribution in [0.1, 0.15) is 58.9 Å². The topological polar surface area (TPSA) is 67.3 Å². The Morgan fingerprint density at radius 3 is 2.24 bits per heavy atom. The van der Waals surface area contributed by atoms with E-state index in [2.05, 4.69) is 34.0 Å². The Hall–Kier alpha value is -1.85. The molecule has 1 aliphatic heterocycles. The molecule has 2 saturated carbocycles. The molecule has 0 aromatic carbocycles. The number of alkyl carbamates (subject to hydrolysis) is 1. The third kappa shape index (κ3) is 2.75. The van der Waals surface area contributed by atoms with Crippen molar-refractivity contribution < 1.29 is 9.53 Å². The maximum atomic E-state index is 12.1. The average Bonchev–Trinajstić information content (AvgIpc) is 3.38. The van der Waals surface area contributed by atoms with Crippen molar-refractivity contribution in [3.8, 4) is 0 Å². The summed E-state index contributed by atoms with van der Waals surface area (Å²) in [7, 11) is 0. The molecule has 25 heavy (non-hydrogen) atoms. The molecular weight excluding hydrogens is 316 g/mol. The van der Waals surface area contributed by atoms with Gasteiger partial charge in [0.1, 0.15) is 5.60 Å². The van der Waals surface area contributed by atoms with Crippen molar-refractivity contribution in [1.29, 1.82) is 0 Å². The van der Waals surface area contributed by atoms with Crippen molar-refractivity contribution in [2.45, 2.75) is 65.0 Å². The van der Waals surface area contributed by atoms with Crippen molar-refractivity contribution in [1.82, 2.24) is 15.3 Å². The van der Waals surface area contributed by atoms with Gasteiger partial charge in [-0.05, 0) is 45.1 Å². The van der Waals surface area contributed by atoms with E-state index in [1.54, 1.807) is 0 Å². The zero-order valence-corrected chi connectivity index (χ0v) is 15.8. The lowest BCUT2D eigenvalue weighted by atomic mass is 10.0. The molecule has 3 fully saturated rings. The van der Waals surface area contributed by atoms with Gasteiger partial charge in [-0.15, -0.1) is 0 Å². The summed E-state index contributed by atoms with van der Waals surface area (Å²) in [4.78, 5) is 23.5. The zero-order chi connectivity index (χ0) is 18.0. The fourth-order valence-electron chi connectivity index (χ4n) is 4.36. The molecule has 1 saturated heterocycles. The number of rotatable bonds is 3. The number of amides is 1. The molecular formula is C19H28N4O2. The third-order valence-corrected chi connectivity index (χ3v) is 6.19. The average molecular weight is 344 g/mol. The van der Waals surface area contributed by atoms with E-state index in [1.807, 2.05) is 33.2 Å². The molecule has 1 aromatic heterocycles. The van der Waals surface area contributed by atoms with Crippen LogP contribution in [0.3, 0.4) is 0 Å². The van der Waals surface area contributed by atoms with Crippen LogP contribution >= 0.6 is 0 Å². The number of nitrogens with one attached hydrogen (secondary N) is 1.